The van der Waals surface area contributed by atoms with Crippen LogP contribution in [0.5, 0.6) is 0 Å². The summed E-state index contributed by atoms with van der Waals surface area (Å²) in [7, 11) is 0. The molecule has 0 N–H and O–H groups in total. The van der Waals surface area contributed by atoms with E-state index in [-0.39, 0.29) is 0 Å². The Kier molecular flexibility index (Phi) is 5.10. The van der Waals surface area contributed by atoms with E-state index in [1.807, 2.05) is 0 Å². The predicted octanol–water partition coefficient (Wildman–Crippen LogP) is 5.84. The lowest BCUT2D eigenvalue weighted by Gasteiger charge is -2.13. The smallest absolute Gasteiger partial charge is 0.0295 e. The summed E-state index contributed by atoms with van der Waals surface area (Å²) < 4.78 is 2.26. The van der Waals surface area contributed by atoms with Crippen molar-refractivity contribution in [3.8, 4) is 0 Å². The third-order valence-electron chi connectivity index (χ3n) is 2.60. The van der Waals surface area contributed by atoms with Crippen molar-refractivity contribution >= 4 is 54.8 Å². The largest absolute Gasteiger partial charge is 0.148 e. The van der Waals surface area contributed by atoms with Crippen molar-refractivity contribution < 1.29 is 0 Å². The Bertz CT molecular complexity index is 478. The van der Waals surface area contributed by atoms with E-state index in [1.165, 1.54) is 10.4 Å². The minimum atomic E-state index is 0.385. The fraction of sp³-hybridized carbons (Fsp3) is 0.231. The second-order valence-electron chi connectivity index (χ2n) is 3.84. The fourth-order valence-electron chi connectivity index (χ4n) is 1.70. The third kappa shape index (κ3) is 3.82. The molecule has 0 aliphatic heterocycles. The molecule has 0 fully saturated rings. The first-order chi connectivity index (χ1) is 8.19. The van der Waals surface area contributed by atoms with Gasteiger partial charge in [0.2, 0.25) is 0 Å². The Morgan fingerprint density at radius 3 is 2.35 bits per heavy atom. The van der Waals surface area contributed by atoms with Crippen molar-refractivity contribution in [1.82, 2.24) is 0 Å². The Labute approximate surface area is 127 Å². The first-order valence-electron chi connectivity index (χ1n) is 5.23. The molecule has 0 aliphatic carbocycles. The molecule has 0 amide bonds. The van der Waals surface area contributed by atoms with Gasteiger partial charge in [-0.05, 0) is 46.1 Å². The highest BCUT2D eigenvalue weighted by Crippen LogP contribution is 2.28. The van der Waals surface area contributed by atoms with Gasteiger partial charge in [0.15, 0.2) is 0 Å². The van der Waals surface area contributed by atoms with E-state index in [1.54, 1.807) is 11.3 Å². The van der Waals surface area contributed by atoms with Crippen molar-refractivity contribution in [1.29, 1.82) is 0 Å². The van der Waals surface area contributed by atoms with Gasteiger partial charge >= 0.3 is 0 Å². The molecule has 90 valence electrons. The molecule has 0 nitrogen and oxygen atoms in total. The number of hydrogen-bond donors (Lipinski definition) is 0. The van der Waals surface area contributed by atoms with Crippen molar-refractivity contribution in [2.24, 2.45) is 0 Å². The van der Waals surface area contributed by atoms with Gasteiger partial charge in [0.05, 0.1) is 0 Å². The highest BCUT2D eigenvalue weighted by Gasteiger charge is 2.12. The van der Waals surface area contributed by atoms with Crippen molar-refractivity contribution in [2.45, 2.75) is 12.3 Å². The van der Waals surface area contributed by atoms with Gasteiger partial charge in [0, 0.05) is 31.0 Å². The van der Waals surface area contributed by atoms with E-state index >= 15 is 0 Å². The number of halogens is 3. The average molecular weight is 395 g/mol. The molecule has 2 aromatic rings. The van der Waals surface area contributed by atoms with E-state index in [0.29, 0.717) is 11.8 Å². The van der Waals surface area contributed by atoms with E-state index in [2.05, 4.69) is 67.6 Å². The molecule has 17 heavy (non-hydrogen) atoms. The molecule has 1 heterocycles. The molecule has 0 saturated heterocycles. The Balaban J connectivity index is 2.13. The van der Waals surface area contributed by atoms with Crippen LogP contribution < -0.4 is 0 Å². The zero-order chi connectivity index (χ0) is 12.3. The Hall–Kier alpha value is 0.170. The second-order valence-corrected chi connectivity index (χ2v) is 6.97. The summed E-state index contributed by atoms with van der Waals surface area (Å²) in [5, 5.41) is 2.11. The zero-order valence-electron chi connectivity index (χ0n) is 9.00. The number of hydrogen-bond acceptors (Lipinski definition) is 1. The van der Waals surface area contributed by atoms with Crippen molar-refractivity contribution in [2.75, 3.05) is 5.88 Å². The van der Waals surface area contributed by atoms with E-state index in [9.17, 15) is 0 Å². The lowest BCUT2D eigenvalue weighted by Crippen LogP contribution is -2.03. The summed E-state index contributed by atoms with van der Waals surface area (Å²) in [5.74, 6) is 1.03. The van der Waals surface area contributed by atoms with Crippen molar-refractivity contribution in [3.63, 3.8) is 0 Å². The predicted molar refractivity (Wildman–Crippen MR) is 83.3 cm³/mol. The Morgan fingerprint density at radius 1 is 1.12 bits per heavy atom. The quantitative estimate of drug-likeness (QED) is 0.572. The molecule has 1 atom stereocenters. The SMILES string of the molecule is ClCC(Cc1cc(Br)cs1)c1ccc(Br)cc1. The minimum absolute atomic E-state index is 0.385. The number of thiophene rings is 1. The second kappa shape index (κ2) is 6.37. The molecule has 1 aromatic heterocycles. The summed E-state index contributed by atoms with van der Waals surface area (Å²) >= 11 is 14.8. The number of alkyl halides is 1. The maximum Gasteiger partial charge on any atom is 0.0295 e. The van der Waals surface area contributed by atoms with Crippen LogP contribution in [0.4, 0.5) is 0 Å². The van der Waals surface area contributed by atoms with Gasteiger partial charge in [-0.15, -0.1) is 22.9 Å². The highest BCUT2D eigenvalue weighted by molar-refractivity contribution is 9.10. The van der Waals surface area contributed by atoms with Gasteiger partial charge in [-0.3, -0.25) is 0 Å². The molecule has 2 rings (SSSR count). The maximum atomic E-state index is 6.08. The van der Waals surface area contributed by atoms with Crippen LogP contribution in [-0.4, -0.2) is 5.88 Å². The number of benzene rings is 1. The Morgan fingerprint density at radius 2 is 1.82 bits per heavy atom. The van der Waals surface area contributed by atoms with Crippen LogP contribution in [-0.2, 0) is 6.42 Å². The fourth-order valence-corrected chi connectivity index (χ4v) is 3.78. The van der Waals surface area contributed by atoms with Crippen LogP contribution in [0.15, 0.2) is 44.7 Å². The highest BCUT2D eigenvalue weighted by atomic mass is 79.9. The average Bonchev–Trinajstić information content (AvgIpc) is 2.73. The lowest BCUT2D eigenvalue weighted by atomic mass is 9.97. The third-order valence-corrected chi connectivity index (χ3v) is 5.22. The molecule has 0 bridgehead atoms. The summed E-state index contributed by atoms with van der Waals surface area (Å²) in [6.45, 7) is 0. The monoisotopic (exact) mass is 392 g/mol. The summed E-state index contributed by atoms with van der Waals surface area (Å²) in [4.78, 5) is 1.37. The van der Waals surface area contributed by atoms with Crippen molar-refractivity contribution in [3.05, 3.63) is 55.1 Å². The van der Waals surface area contributed by atoms with E-state index in [4.69, 9.17) is 11.6 Å². The summed E-state index contributed by atoms with van der Waals surface area (Å²) in [5.41, 5.74) is 1.30. The molecule has 0 radical (unpaired) electrons. The van der Waals surface area contributed by atoms with Crippen LogP contribution >= 0.6 is 54.8 Å². The van der Waals surface area contributed by atoms with Crippen LogP contribution in [0.2, 0.25) is 0 Å². The summed E-state index contributed by atoms with van der Waals surface area (Å²) in [6.07, 6.45) is 1.00. The molecule has 4 heteroatoms. The van der Waals surface area contributed by atoms with Crippen LogP contribution in [0, 0.1) is 0 Å². The van der Waals surface area contributed by atoms with E-state index < -0.39 is 0 Å². The topological polar surface area (TPSA) is 0 Å². The minimum Gasteiger partial charge on any atom is -0.148 e. The van der Waals surface area contributed by atoms with Gasteiger partial charge in [-0.1, -0.05) is 28.1 Å². The van der Waals surface area contributed by atoms with Gasteiger partial charge in [0.25, 0.3) is 0 Å². The standard InChI is InChI=1S/C13H11Br2ClS/c14-11-3-1-9(2-4-11)10(7-16)5-13-6-12(15)8-17-13/h1-4,6,8,10H,5,7H2. The first-order valence-corrected chi connectivity index (χ1v) is 8.23. The zero-order valence-corrected chi connectivity index (χ0v) is 13.7. The normalized spacial score (nSPS) is 12.6. The van der Waals surface area contributed by atoms with Gasteiger partial charge in [0.1, 0.15) is 0 Å². The molecule has 1 unspecified atom stereocenters. The van der Waals surface area contributed by atoms with Gasteiger partial charge in [-0.25, -0.2) is 0 Å². The molecule has 0 saturated carbocycles. The van der Waals surface area contributed by atoms with Gasteiger partial charge < -0.3 is 0 Å². The molecule has 1 aromatic carbocycles. The molecular weight excluding hydrogens is 383 g/mol. The van der Waals surface area contributed by atoms with Crippen LogP contribution in [0.1, 0.15) is 16.4 Å². The lowest BCUT2D eigenvalue weighted by molar-refractivity contribution is 0.776. The first kappa shape index (κ1) is 13.6. The summed E-state index contributed by atoms with van der Waals surface area (Å²) in [6, 6.07) is 10.6. The van der Waals surface area contributed by atoms with E-state index in [0.717, 1.165) is 15.4 Å². The molecular formula is C13H11Br2ClS. The van der Waals surface area contributed by atoms with Crippen LogP contribution in [0.25, 0.3) is 0 Å². The molecule has 0 spiro atoms. The maximum absolute atomic E-state index is 6.08. The van der Waals surface area contributed by atoms with Crippen LogP contribution in [0.3, 0.4) is 0 Å². The number of rotatable bonds is 4. The van der Waals surface area contributed by atoms with Gasteiger partial charge in [-0.2, -0.15) is 0 Å². The molecule has 0 aliphatic rings.